The van der Waals surface area contributed by atoms with Gasteiger partial charge in [-0.2, -0.15) is 0 Å². The third-order valence-corrected chi connectivity index (χ3v) is 3.53. The van der Waals surface area contributed by atoms with Gasteiger partial charge in [-0.15, -0.1) is 0 Å². The monoisotopic (exact) mass is 253 g/mol. The minimum atomic E-state index is 0.762. The van der Waals surface area contributed by atoms with Crippen LogP contribution in [0, 0.1) is 11.6 Å². The number of aromatic nitrogens is 2. The molecule has 0 aliphatic heterocycles. The van der Waals surface area contributed by atoms with Crippen molar-refractivity contribution in [1.29, 1.82) is 0 Å². The number of likely N-dealkylation sites (N-methyl/N-ethyl adjacent to an activating group) is 1. The topological polar surface area (TPSA) is 31.9 Å². The average Bonchev–Trinajstić information content (AvgIpc) is 2.30. The molecule has 17 heavy (non-hydrogen) atoms. The number of nitrogens with zero attached hydrogens (tertiary/aromatic N) is 2. The van der Waals surface area contributed by atoms with Gasteiger partial charge in [0.15, 0.2) is 0 Å². The van der Waals surface area contributed by atoms with Crippen LogP contribution in [0.15, 0.2) is 0 Å². The molecule has 0 bridgehead atoms. The van der Waals surface area contributed by atoms with Gasteiger partial charge in [-0.25, -0.2) is 4.98 Å². The molecular formula is C13H23N3S. The Hall–Kier alpha value is -0.740. The van der Waals surface area contributed by atoms with Crippen molar-refractivity contribution in [2.45, 2.75) is 40.5 Å². The van der Waals surface area contributed by atoms with Crippen molar-refractivity contribution in [3.63, 3.8) is 0 Å². The summed E-state index contributed by atoms with van der Waals surface area (Å²) in [4.78, 5) is 10.2. The summed E-state index contributed by atoms with van der Waals surface area (Å²) in [6.07, 6.45) is 1.89. The van der Waals surface area contributed by atoms with E-state index in [2.05, 4.69) is 42.6 Å². The molecule has 0 spiro atoms. The lowest BCUT2D eigenvalue weighted by Gasteiger charge is -2.17. The summed E-state index contributed by atoms with van der Waals surface area (Å²) < 4.78 is 0.762. The fraction of sp³-hybridized carbons (Fsp3) is 0.692. The Morgan fingerprint density at radius 1 is 1.24 bits per heavy atom. The first-order chi connectivity index (χ1) is 8.12. The standard InChI is InChI=1S/C13H23N3S/c1-5-11-10(4)14-12(15-13(11)17)8-9-16(6-2)7-3/h5-9H2,1-4H3,(H,14,15,17). The van der Waals surface area contributed by atoms with Crippen molar-refractivity contribution >= 4 is 12.2 Å². The number of aryl methyl sites for hydroxylation is 1. The first-order valence-electron chi connectivity index (χ1n) is 6.43. The van der Waals surface area contributed by atoms with E-state index in [1.165, 1.54) is 11.3 Å². The number of rotatable bonds is 6. The minimum Gasteiger partial charge on any atom is -0.347 e. The van der Waals surface area contributed by atoms with E-state index < -0.39 is 0 Å². The molecule has 0 saturated carbocycles. The van der Waals surface area contributed by atoms with Crippen molar-refractivity contribution in [2.24, 2.45) is 0 Å². The van der Waals surface area contributed by atoms with Crippen molar-refractivity contribution in [2.75, 3.05) is 19.6 Å². The van der Waals surface area contributed by atoms with Crippen molar-refractivity contribution in [3.8, 4) is 0 Å². The molecule has 96 valence electrons. The molecule has 0 aromatic carbocycles. The second-order valence-electron chi connectivity index (χ2n) is 4.22. The van der Waals surface area contributed by atoms with Gasteiger partial charge in [0, 0.05) is 24.2 Å². The molecule has 0 radical (unpaired) electrons. The fourth-order valence-electron chi connectivity index (χ4n) is 2.01. The van der Waals surface area contributed by atoms with E-state index in [9.17, 15) is 0 Å². The van der Waals surface area contributed by atoms with Gasteiger partial charge in [0.1, 0.15) is 10.5 Å². The summed E-state index contributed by atoms with van der Waals surface area (Å²) in [6.45, 7) is 11.8. The van der Waals surface area contributed by atoms with Gasteiger partial charge in [0.2, 0.25) is 0 Å². The summed E-state index contributed by atoms with van der Waals surface area (Å²) in [5.41, 5.74) is 2.34. The van der Waals surface area contributed by atoms with E-state index in [4.69, 9.17) is 12.2 Å². The van der Waals surface area contributed by atoms with Crippen LogP contribution in [-0.4, -0.2) is 34.5 Å². The van der Waals surface area contributed by atoms with Gasteiger partial charge < -0.3 is 9.88 Å². The Labute approximate surface area is 109 Å². The predicted molar refractivity (Wildman–Crippen MR) is 75.0 cm³/mol. The Morgan fingerprint density at radius 2 is 1.88 bits per heavy atom. The molecule has 1 aromatic heterocycles. The lowest BCUT2D eigenvalue weighted by atomic mass is 10.2. The Bertz CT molecular complexity index is 408. The normalized spacial score (nSPS) is 11.1. The molecule has 0 fully saturated rings. The molecule has 4 heteroatoms. The van der Waals surface area contributed by atoms with Crippen LogP contribution in [0.4, 0.5) is 0 Å². The molecule has 0 amide bonds. The zero-order valence-corrected chi connectivity index (χ0v) is 12.2. The van der Waals surface area contributed by atoms with E-state index in [1.54, 1.807) is 0 Å². The highest BCUT2D eigenvalue weighted by molar-refractivity contribution is 7.71. The molecule has 0 aliphatic rings. The number of H-pyrrole nitrogens is 1. The summed E-state index contributed by atoms with van der Waals surface area (Å²) in [5, 5.41) is 0. The second-order valence-corrected chi connectivity index (χ2v) is 4.61. The molecule has 1 heterocycles. The van der Waals surface area contributed by atoms with Crippen molar-refractivity contribution < 1.29 is 0 Å². The highest BCUT2D eigenvalue weighted by Gasteiger charge is 2.05. The molecule has 1 aromatic rings. The summed E-state index contributed by atoms with van der Waals surface area (Å²) in [6, 6.07) is 0. The number of hydrogen-bond acceptors (Lipinski definition) is 3. The zero-order chi connectivity index (χ0) is 12.8. The first-order valence-corrected chi connectivity index (χ1v) is 6.84. The van der Waals surface area contributed by atoms with Gasteiger partial charge in [0.05, 0.1) is 0 Å². The van der Waals surface area contributed by atoms with Crippen LogP contribution in [-0.2, 0) is 12.8 Å². The van der Waals surface area contributed by atoms with Crippen LogP contribution in [0.25, 0.3) is 0 Å². The van der Waals surface area contributed by atoms with Crippen molar-refractivity contribution in [3.05, 3.63) is 21.7 Å². The number of nitrogens with one attached hydrogen (secondary N) is 1. The van der Waals surface area contributed by atoms with Gasteiger partial charge in [-0.3, -0.25) is 0 Å². The zero-order valence-electron chi connectivity index (χ0n) is 11.3. The summed E-state index contributed by atoms with van der Waals surface area (Å²) in [7, 11) is 0. The lowest BCUT2D eigenvalue weighted by molar-refractivity contribution is 0.305. The highest BCUT2D eigenvalue weighted by atomic mass is 32.1. The van der Waals surface area contributed by atoms with E-state index in [-0.39, 0.29) is 0 Å². The molecule has 0 aliphatic carbocycles. The number of aromatic amines is 1. The summed E-state index contributed by atoms with van der Waals surface area (Å²) in [5.74, 6) is 1.01. The van der Waals surface area contributed by atoms with Gasteiger partial charge >= 0.3 is 0 Å². The highest BCUT2D eigenvalue weighted by Crippen LogP contribution is 2.08. The first kappa shape index (κ1) is 14.3. The van der Waals surface area contributed by atoms with E-state index >= 15 is 0 Å². The average molecular weight is 253 g/mol. The molecule has 0 unspecified atom stereocenters. The maximum absolute atomic E-state index is 5.32. The molecule has 1 N–H and O–H groups in total. The maximum atomic E-state index is 5.32. The molecule has 1 rings (SSSR count). The second kappa shape index (κ2) is 6.87. The molecule has 3 nitrogen and oxygen atoms in total. The van der Waals surface area contributed by atoms with Crippen molar-refractivity contribution in [1.82, 2.24) is 14.9 Å². The SMILES string of the molecule is CCc1c(C)[nH]c(CCN(CC)CC)nc1=S. The molecule has 0 atom stereocenters. The quantitative estimate of drug-likeness (QED) is 0.791. The third-order valence-electron chi connectivity index (χ3n) is 3.19. The van der Waals surface area contributed by atoms with Crippen LogP contribution >= 0.6 is 12.2 Å². The van der Waals surface area contributed by atoms with E-state index in [1.807, 2.05) is 0 Å². The van der Waals surface area contributed by atoms with Gasteiger partial charge in [-0.05, 0) is 26.4 Å². The minimum absolute atomic E-state index is 0.762. The largest absolute Gasteiger partial charge is 0.347 e. The Kier molecular flexibility index (Phi) is 5.78. The van der Waals surface area contributed by atoms with E-state index in [0.717, 1.165) is 42.9 Å². The maximum Gasteiger partial charge on any atom is 0.133 e. The smallest absolute Gasteiger partial charge is 0.133 e. The lowest BCUT2D eigenvalue weighted by Crippen LogP contribution is -2.26. The van der Waals surface area contributed by atoms with Crippen LogP contribution < -0.4 is 0 Å². The molecular weight excluding hydrogens is 230 g/mol. The predicted octanol–water partition coefficient (Wildman–Crippen LogP) is 2.89. The third kappa shape index (κ3) is 3.89. The fourth-order valence-corrected chi connectivity index (χ4v) is 2.42. The van der Waals surface area contributed by atoms with Crippen LogP contribution in [0.3, 0.4) is 0 Å². The van der Waals surface area contributed by atoms with Crippen LogP contribution in [0.1, 0.15) is 37.9 Å². The molecule has 0 saturated heterocycles. The van der Waals surface area contributed by atoms with Crippen LogP contribution in [0.2, 0.25) is 0 Å². The van der Waals surface area contributed by atoms with Gasteiger partial charge in [-0.1, -0.05) is 33.0 Å². The van der Waals surface area contributed by atoms with E-state index in [0.29, 0.717) is 0 Å². The van der Waals surface area contributed by atoms with Crippen LogP contribution in [0.5, 0.6) is 0 Å². The summed E-state index contributed by atoms with van der Waals surface area (Å²) >= 11 is 5.32. The van der Waals surface area contributed by atoms with Gasteiger partial charge in [0.25, 0.3) is 0 Å². The Morgan fingerprint density at radius 3 is 2.35 bits per heavy atom. The number of hydrogen-bond donors (Lipinski definition) is 1. The Balaban J connectivity index is 2.77.